The van der Waals surface area contributed by atoms with Crippen molar-refractivity contribution in [1.82, 2.24) is 10.2 Å². The van der Waals surface area contributed by atoms with Crippen LogP contribution in [0.3, 0.4) is 0 Å². The number of halogens is 1. The molecule has 2 aliphatic rings. The van der Waals surface area contributed by atoms with Gasteiger partial charge in [-0.15, -0.1) is 0 Å². The van der Waals surface area contributed by atoms with Gasteiger partial charge in [-0.2, -0.15) is 0 Å². The van der Waals surface area contributed by atoms with Crippen molar-refractivity contribution in [2.75, 3.05) is 13.2 Å². The quantitative estimate of drug-likeness (QED) is 0.909. The Bertz CT molecular complexity index is 545. The van der Waals surface area contributed by atoms with Crippen LogP contribution in [0.15, 0.2) is 24.3 Å². The minimum absolute atomic E-state index is 0.0360. The predicted molar refractivity (Wildman–Crippen MR) is 82.1 cm³/mol. The first kappa shape index (κ1) is 14.8. The lowest BCUT2D eigenvalue weighted by Gasteiger charge is -2.30. The van der Waals surface area contributed by atoms with Crippen LogP contribution in [0.2, 0.25) is 5.02 Å². The molecule has 1 saturated carbocycles. The number of carbonyl (C=O) groups excluding carboxylic acids is 1. The normalized spacial score (nSPS) is 24.6. The fourth-order valence-corrected chi connectivity index (χ4v) is 3.18. The Hall–Kier alpha value is -1.10. The molecule has 114 valence electrons. The molecule has 1 aliphatic carbocycles. The predicted octanol–water partition coefficient (Wildman–Crippen LogP) is 2.73. The summed E-state index contributed by atoms with van der Waals surface area (Å²) in [6.07, 6.45) is 1.72. The third kappa shape index (κ3) is 2.68. The summed E-state index contributed by atoms with van der Waals surface area (Å²) >= 11 is 6.10. The van der Waals surface area contributed by atoms with E-state index in [1.807, 2.05) is 43.0 Å². The van der Waals surface area contributed by atoms with Gasteiger partial charge in [0, 0.05) is 11.6 Å². The van der Waals surface area contributed by atoms with Gasteiger partial charge in [0.1, 0.15) is 11.7 Å². The molecule has 1 amide bonds. The number of benzene rings is 1. The number of amides is 1. The minimum atomic E-state index is -0.340. The van der Waals surface area contributed by atoms with Gasteiger partial charge in [-0.1, -0.05) is 23.7 Å². The van der Waals surface area contributed by atoms with E-state index in [0.717, 1.165) is 18.4 Å². The summed E-state index contributed by atoms with van der Waals surface area (Å²) in [6.45, 7) is 5.21. The average molecular weight is 309 g/mol. The van der Waals surface area contributed by atoms with Gasteiger partial charge < -0.3 is 9.64 Å². The van der Waals surface area contributed by atoms with Crippen LogP contribution in [0.4, 0.5) is 0 Å². The van der Waals surface area contributed by atoms with Crippen LogP contribution < -0.4 is 5.32 Å². The van der Waals surface area contributed by atoms with Gasteiger partial charge >= 0.3 is 0 Å². The Morgan fingerprint density at radius 3 is 2.90 bits per heavy atom. The maximum absolute atomic E-state index is 12.7. The summed E-state index contributed by atoms with van der Waals surface area (Å²) in [7, 11) is 0. The van der Waals surface area contributed by atoms with Gasteiger partial charge in [-0.05, 0) is 44.4 Å². The highest BCUT2D eigenvalue weighted by Crippen LogP contribution is 2.46. The number of hydrogen-bond acceptors (Lipinski definition) is 3. The first-order chi connectivity index (χ1) is 10.1. The van der Waals surface area contributed by atoms with Crippen LogP contribution in [0.5, 0.6) is 0 Å². The van der Waals surface area contributed by atoms with E-state index in [1.165, 1.54) is 0 Å². The second-order valence-corrected chi connectivity index (χ2v) is 6.34. The summed E-state index contributed by atoms with van der Waals surface area (Å²) in [5.74, 6) is 0.194. The highest BCUT2D eigenvalue weighted by Gasteiger charge is 2.60. The number of nitrogens with one attached hydrogen (secondary N) is 1. The number of ether oxygens (including phenoxy) is 1. The van der Waals surface area contributed by atoms with Crippen LogP contribution in [0.1, 0.15) is 38.4 Å². The summed E-state index contributed by atoms with van der Waals surface area (Å²) in [6, 6.07) is 7.75. The first-order valence-electron chi connectivity index (χ1n) is 7.51. The zero-order valence-corrected chi connectivity index (χ0v) is 13.2. The maximum atomic E-state index is 12.7. The molecule has 2 fully saturated rings. The van der Waals surface area contributed by atoms with Crippen molar-refractivity contribution in [2.24, 2.45) is 0 Å². The molecule has 2 unspecified atom stereocenters. The van der Waals surface area contributed by atoms with E-state index in [0.29, 0.717) is 18.2 Å². The van der Waals surface area contributed by atoms with Crippen molar-refractivity contribution >= 4 is 17.5 Å². The summed E-state index contributed by atoms with van der Waals surface area (Å²) in [5, 5.41) is 4.19. The Morgan fingerprint density at radius 1 is 1.52 bits per heavy atom. The van der Waals surface area contributed by atoms with E-state index >= 15 is 0 Å². The fraction of sp³-hybridized carbons (Fsp3) is 0.562. The SMILES string of the molecule is CCOCC(C)N1C(=O)C2(CC2)NC1c1cccc(Cl)c1. The molecule has 2 atom stereocenters. The highest BCUT2D eigenvalue weighted by atomic mass is 35.5. The first-order valence-corrected chi connectivity index (χ1v) is 7.89. The molecule has 1 spiro atoms. The molecule has 1 N–H and O–H groups in total. The van der Waals surface area contributed by atoms with E-state index < -0.39 is 0 Å². The molecule has 1 aromatic rings. The zero-order chi connectivity index (χ0) is 15.0. The molecule has 3 rings (SSSR count). The van der Waals surface area contributed by atoms with Crippen molar-refractivity contribution in [3.8, 4) is 0 Å². The van der Waals surface area contributed by atoms with Crippen LogP contribution in [-0.2, 0) is 9.53 Å². The Labute approximate surface area is 130 Å². The molecule has 0 radical (unpaired) electrons. The second kappa shape index (κ2) is 5.59. The van der Waals surface area contributed by atoms with Gasteiger partial charge in [0.25, 0.3) is 0 Å². The van der Waals surface area contributed by atoms with Gasteiger partial charge in [0.15, 0.2) is 0 Å². The molecule has 0 bridgehead atoms. The Kier molecular flexibility index (Phi) is 3.95. The van der Waals surface area contributed by atoms with Crippen LogP contribution >= 0.6 is 11.6 Å². The molecule has 1 heterocycles. The molecule has 1 aromatic carbocycles. The number of rotatable bonds is 5. The molecular weight excluding hydrogens is 288 g/mol. The summed E-state index contributed by atoms with van der Waals surface area (Å²) in [5.41, 5.74) is 0.691. The maximum Gasteiger partial charge on any atom is 0.244 e. The molecule has 5 heteroatoms. The van der Waals surface area contributed by atoms with Crippen molar-refractivity contribution in [2.45, 2.75) is 44.4 Å². The lowest BCUT2D eigenvalue weighted by Crippen LogP contribution is -2.41. The molecule has 21 heavy (non-hydrogen) atoms. The van der Waals surface area contributed by atoms with Gasteiger partial charge in [0.05, 0.1) is 12.6 Å². The van der Waals surface area contributed by atoms with Gasteiger partial charge in [0.2, 0.25) is 5.91 Å². The van der Waals surface area contributed by atoms with Crippen LogP contribution in [0.25, 0.3) is 0 Å². The zero-order valence-electron chi connectivity index (χ0n) is 12.4. The number of carbonyl (C=O) groups is 1. The minimum Gasteiger partial charge on any atom is -0.380 e. The Balaban J connectivity index is 1.88. The molecule has 1 aliphatic heterocycles. The van der Waals surface area contributed by atoms with E-state index in [1.54, 1.807) is 0 Å². The van der Waals surface area contributed by atoms with Crippen LogP contribution in [-0.4, -0.2) is 35.6 Å². The fourth-order valence-electron chi connectivity index (χ4n) is 2.98. The Morgan fingerprint density at radius 2 is 2.29 bits per heavy atom. The third-order valence-electron chi connectivity index (χ3n) is 4.29. The second-order valence-electron chi connectivity index (χ2n) is 5.90. The lowest BCUT2D eigenvalue weighted by atomic mass is 10.1. The third-order valence-corrected chi connectivity index (χ3v) is 4.52. The topological polar surface area (TPSA) is 41.6 Å². The van der Waals surface area contributed by atoms with E-state index in [-0.39, 0.29) is 23.7 Å². The molecule has 4 nitrogen and oxygen atoms in total. The van der Waals surface area contributed by atoms with Crippen molar-refractivity contribution in [3.05, 3.63) is 34.9 Å². The smallest absolute Gasteiger partial charge is 0.244 e. The van der Waals surface area contributed by atoms with E-state index in [9.17, 15) is 4.79 Å². The molecule has 0 aromatic heterocycles. The van der Waals surface area contributed by atoms with Gasteiger partial charge in [-0.25, -0.2) is 0 Å². The van der Waals surface area contributed by atoms with Crippen LogP contribution in [0, 0.1) is 0 Å². The summed E-state index contributed by atoms with van der Waals surface area (Å²) < 4.78 is 5.50. The van der Waals surface area contributed by atoms with Crippen molar-refractivity contribution in [1.29, 1.82) is 0 Å². The van der Waals surface area contributed by atoms with E-state index in [2.05, 4.69) is 5.32 Å². The van der Waals surface area contributed by atoms with Crippen molar-refractivity contribution in [3.63, 3.8) is 0 Å². The summed E-state index contributed by atoms with van der Waals surface area (Å²) in [4.78, 5) is 14.7. The molecular formula is C16H21ClN2O2. The van der Waals surface area contributed by atoms with E-state index in [4.69, 9.17) is 16.3 Å². The average Bonchev–Trinajstić information content (AvgIpc) is 3.18. The molecule has 1 saturated heterocycles. The van der Waals surface area contributed by atoms with Crippen molar-refractivity contribution < 1.29 is 9.53 Å². The number of nitrogens with zero attached hydrogens (tertiary/aromatic N) is 1. The van der Waals surface area contributed by atoms with Gasteiger partial charge in [-0.3, -0.25) is 10.1 Å². The lowest BCUT2D eigenvalue weighted by molar-refractivity contribution is -0.134. The number of hydrogen-bond donors (Lipinski definition) is 1. The largest absolute Gasteiger partial charge is 0.380 e. The highest BCUT2D eigenvalue weighted by molar-refractivity contribution is 6.30. The monoisotopic (exact) mass is 308 g/mol. The standard InChI is InChI=1S/C16H21ClN2O2/c1-3-21-10-11(2)19-14(12-5-4-6-13(17)9-12)18-16(7-8-16)15(19)20/h4-6,9,11,14,18H,3,7-8,10H2,1-2H3.